The molecule has 4 rings (SSSR count). The second kappa shape index (κ2) is 8.53. The second-order valence-corrected chi connectivity index (χ2v) is 8.30. The molecule has 26 heavy (non-hydrogen) atoms. The van der Waals surface area contributed by atoms with E-state index in [0.717, 1.165) is 44.5 Å². The van der Waals surface area contributed by atoms with Crippen molar-refractivity contribution < 1.29 is 4.79 Å². The molecule has 4 nitrogen and oxygen atoms in total. The van der Waals surface area contributed by atoms with Gasteiger partial charge < -0.3 is 14.7 Å². The number of rotatable bonds is 6. The van der Waals surface area contributed by atoms with E-state index in [1.807, 2.05) is 12.1 Å². The van der Waals surface area contributed by atoms with Crippen LogP contribution in [0.5, 0.6) is 0 Å². The fraction of sp³-hybridized carbons (Fsp3) is 0.682. The molecule has 0 spiro atoms. The van der Waals surface area contributed by atoms with E-state index in [9.17, 15) is 4.79 Å². The summed E-state index contributed by atoms with van der Waals surface area (Å²) in [6.07, 6.45) is 8.74. The molecular weight excluding hydrogens is 322 g/mol. The van der Waals surface area contributed by atoms with Crippen molar-refractivity contribution in [1.29, 1.82) is 0 Å². The van der Waals surface area contributed by atoms with Crippen molar-refractivity contribution in [3.63, 3.8) is 0 Å². The zero-order chi connectivity index (χ0) is 17.8. The summed E-state index contributed by atoms with van der Waals surface area (Å²) in [5.74, 6) is 0.234. The van der Waals surface area contributed by atoms with Crippen molar-refractivity contribution in [3.05, 3.63) is 35.4 Å². The fourth-order valence-electron chi connectivity index (χ4n) is 4.83. The molecular formula is C22H33N3O. The molecule has 3 fully saturated rings. The van der Waals surface area contributed by atoms with Gasteiger partial charge in [0.25, 0.3) is 5.91 Å². The zero-order valence-electron chi connectivity index (χ0n) is 16.0. The number of likely N-dealkylation sites (tertiary alicyclic amines) is 3. The molecule has 142 valence electrons. The van der Waals surface area contributed by atoms with Gasteiger partial charge in [0.15, 0.2) is 0 Å². The van der Waals surface area contributed by atoms with Crippen molar-refractivity contribution in [2.24, 2.45) is 0 Å². The Kier molecular flexibility index (Phi) is 5.91. The van der Waals surface area contributed by atoms with Crippen LogP contribution in [0.25, 0.3) is 0 Å². The Labute approximate surface area is 158 Å². The smallest absolute Gasteiger partial charge is 0.254 e. The lowest BCUT2D eigenvalue weighted by molar-refractivity contribution is 0.0709. The molecule has 1 aromatic rings. The summed E-state index contributed by atoms with van der Waals surface area (Å²) in [5, 5.41) is 0. The number of hydrogen-bond acceptors (Lipinski definition) is 3. The van der Waals surface area contributed by atoms with E-state index in [-0.39, 0.29) is 5.91 Å². The molecule has 1 amide bonds. The minimum absolute atomic E-state index is 0.234. The van der Waals surface area contributed by atoms with E-state index in [2.05, 4.69) is 26.8 Å². The minimum atomic E-state index is 0.234. The van der Waals surface area contributed by atoms with E-state index in [0.29, 0.717) is 6.04 Å². The molecule has 0 N–H and O–H groups in total. The third kappa shape index (κ3) is 4.29. The summed E-state index contributed by atoms with van der Waals surface area (Å²) < 4.78 is 0. The highest BCUT2D eigenvalue weighted by molar-refractivity contribution is 5.94. The normalized spacial score (nSPS) is 24.6. The molecule has 1 unspecified atom stereocenters. The lowest BCUT2D eigenvalue weighted by Crippen LogP contribution is -2.42. The summed E-state index contributed by atoms with van der Waals surface area (Å²) in [5.41, 5.74) is 2.21. The lowest BCUT2D eigenvalue weighted by Gasteiger charge is -2.28. The first-order chi connectivity index (χ1) is 12.8. The number of hydrogen-bond donors (Lipinski definition) is 0. The SMILES string of the molecule is O=C(c1ccc(CCN2CCCC2)cc1)N1CCCC1CN1CCCC1. The Morgan fingerprint density at radius 2 is 1.50 bits per heavy atom. The summed E-state index contributed by atoms with van der Waals surface area (Å²) in [6, 6.07) is 8.83. The third-order valence-corrected chi connectivity index (χ3v) is 6.42. The largest absolute Gasteiger partial charge is 0.334 e. The van der Waals surface area contributed by atoms with Gasteiger partial charge >= 0.3 is 0 Å². The number of amides is 1. The molecule has 4 heteroatoms. The maximum absolute atomic E-state index is 13.0. The van der Waals surface area contributed by atoms with Crippen LogP contribution in [0.3, 0.4) is 0 Å². The number of carbonyl (C=O) groups is 1. The van der Waals surface area contributed by atoms with Gasteiger partial charge in [0.1, 0.15) is 0 Å². The monoisotopic (exact) mass is 355 g/mol. The molecule has 0 saturated carbocycles. The van der Waals surface area contributed by atoms with E-state index < -0.39 is 0 Å². The van der Waals surface area contributed by atoms with Crippen LogP contribution in [0.1, 0.15) is 54.4 Å². The predicted octanol–water partition coefficient (Wildman–Crippen LogP) is 3.03. The molecule has 0 aliphatic carbocycles. The summed E-state index contributed by atoms with van der Waals surface area (Å²) >= 11 is 0. The Balaban J connectivity index is 1.32. The van der Waals surface area contributed by atoms with Crippen LogP contribution in [0.4, 0.5) is 0 Å². The van der Waals surface area contributed by atoms with Crippen LogP contribution in [0.15, 0.2) is 24.3 Å². The first kappa shape index (κ1) is 18.0. The average molecular weight is 356 g/mol. The zero-order valence-corrected chi connectivity index (χ0v) is 16.0. The van der Waals surface area contributed by atoms with E-state index in [1.54, 1.807) is 0 Å². The molecule has 3 saturated heterocycles. The Bertz CT molecular complexity index is 588. The van der Waals surface area contributed by atoms with Gasteiger partial charge in [-0.25, -0.2) is 0 Å². The number of benzene rings is 1. The number of carbonyl (C=O) groups excluding carboxylic acids is 1. The van der Waals surface area contributed by atoms with E-state index >= 15 is 0 Å². The van der Waals surface area contributed by atoms with Gasteiger partial charge in [-0.15, -0.1) is 0 Å². The van der Waals surface area contributed by atoms with Crippen LogP contribution in [0, 0.1) is 0 Å². The van der Waals surface area contributed by atoms with E-state index in [4.69, 9.17) is 0 Å². The van der Waals surface area contributed by atoms with Crippen LogP contribution < -0.4 is 0 Å². The predicted molar refractivity (Wildman–Crippen MR) is 106 cm³/mol. The van der Waals surface area contributed by atoms with Gasteiger partial charge in [-0.3, -0.25) is 4.79 Å². The van der Waals surface area contributed by atoms with Gasteiger partial charge in [-0.1, -0.05) is 12.1 Å². The summed E-state index contributed by atoms with van der Waals surface area (Å²) in [6.45, 7) is 8.08. The molecule has 3 heterocycles. The fourth-order valence-corrected chi connectivity index (χ4v) is 4.83. The topological polar surface area (TPSA) is 26.8 Å². The first-order valence-corrected chi connectivity index (χ1v) is 10.6. The van der Waals surface area contributed by atoms with Crippen molar-refractivity contribution in [2.75, 3.05) is 45.8 Å². The summed E-state index contributed by atoms with van der Waals surface area (Å²) in [7, 11) is 0. The average Bonchev–Trinajstić information content (AvgIpc) is 3.43. The van der Waals surface area contributed by atoms with Gasteiger partial charge in [-0.05, 0) is 88.8 Å². The van der Waals surface area contributed by atoms with Gasteiger partial charge in [0.2, 0.25) is 0 Å². The van der Waals surface area contributed by atoms with Crippen LogP contribution in [-0.2, 0) is 6.42 Å². The Hall–Kier alpha value is -1.39. The first-order valence-electron chi connectivity index (χ1n) is 10.6. The molecule has 0 aromatic heterocycles. The Morgan fingerprint density at radius 3 is 2.19 bits per heavy atom. The lowest BCUT2D eigenvalue weighted by atomic mass is 10.1. The molecule has 1 atom stereocenters. The maximum atomic E-state index is 13.0. The molecule has 1 aromatic carbocycles. The quantitative estimate of drug-likeness (QED) is 0.785. The number of nitrogens with zero attached hydrogens (tertiary/aromatic N) is 3. The molecule has 3 aliphatic heterocycles. The van der Waals surface area contributed by atoms with Gasteiger partial charge in [0.05, 0.1) is 0 Å². The van der Waals surface area contributed by atoms with Crippen molar-refractivity contribution in [2.45, 2.75) is 51.0 Å². The van der Waals surface area contributed by atoms with Crippen LogP contribution >= 0.6 is 0 Å². The highest BCUT2D eigenvalue weighted by atomic mass is 16.2. The van der Waals surface area contributed by atoms with Crippen LogP contribution in [-0.4, -0.2) is 72.5 Å². The maximum Gasteiger partial charge on any atom is 0.254 e. The van der Waals surface area contributed by atoms with Gasteiger partial charge in [0, 0.05) is 31.2 Å². The van der Waals surface area contributed by atoms with E-state index in [1.165, 1.54) is 57.4 Å². The van der Waals surface area contributed by atoms with Crippen molar-refractivity contribution >= 4 is 5.91 Å². The van der Waals surface area contributed by atoms with Crippen molar-refractivity contribution in [3.8, 4) is 0 Å². The highest BCUT2D eigenvalue weighted by Crippen LogP contribution is 2.23. The molecule has 0 radical (unpaired) electrons. The van der Waals surface area contributed by atoms with Crippen molar-refractivity contribution in [1.82, 2.24) is 14.7 Å². The molecule has 0 bridgehead atoms. The van der Waals surface area contributed by atoms with Crippen LogP contribution in [0.2, 0.25) is 0 Å². The Morgan fingerprint density at radius 1 is 0.846 bits per heavy atom. The third-order valence-electron chi connectivity index (χ3n) is 6.42. The second-order valence-electron chi connectivity index (χ2n) is 8.30. The summed E-state index contributed by atoms with van der Waals surface area (Å²) in [4.78, 5) is 20.2. The highest BCUT2D eigenvalue weighted by Gasteiger charge is 2.31. The van der Waals surface area contributed by atoms with Gasteiger partial charge in [-0.2, -0.15) is 0 Å². The standard InChI is InChI=1S/C22H33N3O/c26-22(25-16-5-6-21(25)18-24-14-3-4-15-24)20-9-7-19(8-10-20)11-17-23-12-1-2-13-23/h7-10,21H,1-6,11-18H2. The molecule has 3 aliphatic rings. The minimum Gasteiger partial charge on any atom is -0.334 e.